The number of rotatable bonds is 8. The van der Waals surface area contributed by atoms with Crippen LogP contribution in [0.3, 0.4) is 0 Å². The van der Waals surface area contributed by atoms with Crippen LogP contribution >= 0.6 is 0 Å². The van der Waals surface area contributed by atoms with E-state index in [9.17, 15) is 0 Å². The normalized spacial score (nSPS) is 15.5. The number of allylic oxidation sites excluding steroid dienone is 8. The van der Waals surface area contributed by atoms with Crippen molar-refractivity contribution in [3.63, 3.8) is 0 Å². The van der Waals surface area contributed by atoms with E-state index in [4.69, 9.17) is 0 Å². The van der Waals surface area contributed by atoms with E-state index in [2.05, 4.69) is 178 Å². The molecule has 0 radical (unpaired) electrons. The summed E-state index contributed by atoms with van der Waals surface area (Å²) in [6, 6.07) is 46.6. The third kappa shape index (κ3) is 4.69. The highest BCUT2D eigenvalue weighted by atomic mass is 14.5. The molecule has 0 N–H and O–H groups in total. The number of hydrogen-bond acceptors (Lipinski definition) is 0. The van der Waals surface area contributed by atoms with Gasteiger partial charge >= 0.3 is 0 Å². The van der Waals surface area contributed by atoms with E-state index < -0.39 is 0 Å². The molecule has 0 nitrogen and oxygen atoms in total. The van der Waals surface area contributed by atoms with Gasteiger partial charge in [0.25, 0.3) is 0 Å². The van der Waals surface area contributed by atoms with Crippen molar-refractivity contribution in [3.8, 4) is 11.1 Å². The molecule has 2 aliphatic rings. The molecule has 45 heavy (non-hydrogen) atoms. The molecule has 0 saturated carbocycles. The molecule has 1 unspecified atom stereocenters. The maximum absolute atomic E-state index is 4.01. The van der Waals surface area contributed by atoms with Gasteiger partial charge in [0, 0.05) is 0 Å². The lowest BCUT2D eigenvalue weighted by atomic mass is 9.69. The molecule has 0 amide bonds. The topological polar surface area (TPSA) is 0 Å². The van der Waals surface area contributed by atoms with Crippen molar-refractivity contribution in [2.45, 2.75) is 25.7 Å². The highest BCUT2D eigenvalue weighted by Gasteiger charge is 2.51. The van der Waals surface area contributed by atoms with Crippen LogP contribution in [0.15, 0.2) is 170 Å². The van der Waals surface area contributed by atoms with Gasteiger partial charge in [-0.05, 0) is 86.1 Å². The first kappa shape index (κ1) is 28.6. The summed E-state index contributed by atoms with van der Waals surface area (Å²) < 4.78 is 0. The van der Waals surface area contributed by atoms with Gasteiger partial charge in [0.15, 0.2) is 0 Å². The van der Waals surface area contributed by atoms with Crippen molar-refractivity contribution in [1.29, 1.82) is 0 Å². The Morgan fingerprint density at radius 3 is 1.84 bits per heavy atom. The molecule has 0 saturated heterocycles. The van der Waals surface area contributed by atoms with Gasteiger partial charge in [-0.1, -0.05) is 177 Å². The third-order valence-electron chi connectivity index (χ3n) is 9.55. The standard InChI is InChI=1S/C45H38/c1-4-17-36(34-20-7-6-8-21-34)32(3)31-35-22-10-9-19-33(35)29-30-44-37(18-5-2)38-23-11-14-26-41(38)45(44)42-27-15-12-24-39(42)40-25-13-16-28-43(40)45/h4-30,32H,1,31H2,2-3H3/b18-5-,30-29?,36-17+. The summed E-state index contributed by atoms with van der Waals surface area (Å²) in [5.74, 6) is 0.327. The summed E-state index contributed by atoms with van der Waals surface area (Å²) in [7, 11) is 0. The van der Waals surface area contributed by atoms with E-state index in [1.165, 1.54) is 66.8 Å². The first-order valence-corrected chi connectivity index (χ1v) is 16.0. The minimum atomic E-state index is -0.371. The zero-order valence-electron chi connectivity index (χ0n) is 26.1. The first-order valence-electron chi connectivity index (χ1n) is 16.0. The lowest BCUT2D eigenvalue weighted by Crippen LogP contribution is -2.26. The number of benzene rings is 5. The van der Waals surface area contributed by atoms with Crippen molar-refractivity contribution >= 4 is 17.2 Å². The van der Waals surface area contributed by atoms with E-state index in [-0.39, 0.29) is 5.41 Å². The summed E-state index contributed by atoms with van der Waals surface area (Å²) >= 11 is 0. The van der Waals surface area contributed by atoms with Crippen LogP contribution in [-0.4, -0.2) is 0 Å². The number of hydrogen-bond donors (Lipinski definition) is 0. The van der Waals surface area contributed by atoms with Crippen molar-refractivity contribution in [2.24, 2.45) is 5.92 Å². The minimum absolute atomic E-state index is 0.327. The molecule has 1 atom stereocenters. The maximum Gasteiger partial charge on any atom is 0.0725 e. The van der Waals surface area contributed by atoms with Gasteiger partial charge in [0.1, 0.15) is 0 Å². The fraction of sp³-hybridized carbons (Fsp3) is 0.111. The highest BCUT2D eigenvalue weighted by Crippen LogP contribution is 2.62. The van der Waals surface area contributed by atoms with E-state index in [0.717, 1.165) is 6.42 Å². The van der Waals surface area contributed by atoms with E-state index in [1.807, 2.05) is 6.08 Å². The molecular weight excluding hydrogens is 540 g/mol. The van der Waals surface area contributed by atoms with E-state index in [0.29, 0.717) is 5.92 Å². The quantitative estimate of drug-likeness (QED) is 0.161. The van der Waals surface area contributed by atoms with Gasteiger partial charge in [-0.3, -0.25) is 0 Å². The molecule has 218 valence electrons. The summed E-state index contributed by atoms with van der Waals surface area (Å²) in [6.45, 7) is 8.46. The van der Waals surface area contributed by atoms with Gasteiger partial charge in [-0.2, -0.15) is 0 Å². The molecule has 2 aliphatic carbocycles. The molecule has 0 aliphatic heterocycles. The molecule has 5 aromatic carbocycles. The van der Waals surface area contributed by atoms with Gasteiger partial charge in [-0.25, -0.2) is 0 Å². The Hall–Kier alpha value is -5.20. The van der Waals surface area contributed by atoms with Crippen LogP contribution in [0.4, 0.5) is 0 Å². The SMILES string of the molecule is C=C/C=C(/c1ccccc1)C(C)Cc1ccccc1C=CC1=C(/C=C\C)c2ccccc2C12c1ccccc1-c1ccccc12. The molecule has 0 heteroatoms. The second-order valence-electron chi connectivity index (χ2n) is 12.1. The average Bonchev–Trinajstić information content (AvgIpc) is 3.54. The van der Waals surface area contributed by atoms with E-state index >= 15 is 0 Å². The summed E-state index contributed by atoms with van der Waals surface area (Å²) in [4.78, 5) is 0. The van der Waals surface area contributed by atoms with Crippen LogP contribution in [0.2, 0.25) is 0 Å². The summed E-state index contributed by atoms with van der Waals surface area (Å²) in [6.07, 6.45) is 14.3. The molecule has 1 spiro atoms. The molecule has 0 aromatic heterocycles. The Kier molecular flexibility index (Phi) is 7.66. The molecule has 0 bridgehead atoms. The van der Waals surface area contributed by atoms with Crippen molar-refractivity contribution in [3.05, 3.63) is 209 Å². The van der Waals surface area contributed by atoms with Crippen LogP contribution in [0.5, 0.6) is 0 Å². The molecular formula is C45H38. The monoisotopic (exact) mass is 578 g/mol. The van der Waals surface area contributed by atoms with Crippen LogP contribution < -0.4 is 0 Å². The molecule has 7 rings (SSSR count). The summed E-state index contributed by atoms with van der Waals surface area (Å²) in [5, 5.41) is 0. The maximum atomic E-state index is 4.01. The summed E-state index contributed by atoms with van der Waals surface area (Å²) in [5.41, 5.74) is 15.5. The number of fused-ring (bicyclic) bond motifs is 7. The Morgan fingerprint density at radius 1 is 0.644 bits per heavy atom. The lowest BCUT2D eigenvalue weighted by molar-refractivity contribution is 0.743. The lowest BCUT2D eigenvalue weighted by Gasteiger charge is -2.31. The second kappa shape index (κ2) is 12.1. The van der Waals surface area contributed by atoms with Crippen molar-refractivity contribution in [1.82, 2.24) is 0 Å². The fourth-order valence-corrected chi connectivity index (χ4v) is 7.71. The Morgan fingerprint density at radius 2 is 1.20 bits per heavy atom. The highest BCUT2D eigenvalue weighted by molar-refractivity contribution is 5.98. The zero-order valence-corrected chi connectivity index (χ0v) is 26.1. The van der Waals surface area contributed by atoms with Crippen molar-refractivity contribution < 1.29 is 0 Å². The molecule has 0 fully saturated rings. The van der Waals surface area contributed by atoms with Crippen molar-refractivity contribution in [2.75, 3.05) is 0 Å². The fourth-order valence-electron chi connectivity index (χ4n) is 7.71. The largest absolute Gasteiger partial charge is 0.0991 e. The van der Waals surface area contributed by atoms with Crippen LogP contribution in [0, 0.1) is 5.92 Å². The predicted octanol–water partition coefficient (Wildman–Crippen LogP) is 11.5. The average molecular weight is 579 g/mol. The second-order valence-corrected chi connectivity index (χ2v) is 12.1. The van der Waals surface area contributed by atoms with Crippen LogP contribution in [0.1, 0.15) is 52.8 Å². The molecule has 0 heterocycles. The van der Waals surface area contributed by atoms with E-state index in [1.54, 1.807) is 0 Å². The molecule has 5 aromatic rings. The zero-order chi connectivity index (χ0) is 30.8. The van der Waals surface area contributed by atoms with Crippen LogP contribution in [0.25, 0.3) is 28.3 Å². The van der Waals surface area contributed by atoms with Gasteiger partial charge < -0.3 is 0 Å². The predicted molar refractivity (Wildman–Crippen MR) is 193 cm³/mol. The van der Waals surface area contributed by atoms with Gasteiger partial charge in [0.2, 0.25) is 0 Å². The smallest absolute Gasteiger partial charge is 0.0725 e. The Balaban J connectivity index is 1.37. The minimum Gasteiger partial charge on any atom is -0.0991 e. The van der Waals surface area contributed by atoms with Gasteiger partial charge in [0.05, 0.1) is 5.41 Å². The van der Waals surface area contributed by atoms with Gasteiger partial charge in [-0.15, -0.1) is 0 Å². The Bertz CT molecular complexity index is 1970. The third-order valence-corrected chi connectivity index (χ3v) is 9.55. The van der Waals surface area contributed by atoms with Crippen LogP contribution in [-0.2, 0) is 11.8 Å². The Labute approximate surface area is 268 Å². The first-order chi connectivity index (χ1) is 22.2.